The molecule has 0 aromatic carbocycles. The molecule has 0 nitrogen and oxygen atoms in total. The molecule has 0 aromatic rings. The molecule has 0 spiro atoms. The lowest BCUT2D eigenvalue weighted by Crippen LogP contribution is -1.79. The van der Waals surface area contributed by atoms with Gasteiger partial charge in [-0.05, 0) is 65.7 Å². The van der Waals surface area contributed by atoms with E-state index in [1.54, 1.807) is 5.57 Å². The van der Waals surface area contributed by atoms with Crippen LogP contribution in [-0.4, -0.2) is 0 Å². The second-order valence-corrected chi connectivity index (χ2v) is 5.33. The summed E-state index contributed by atoms with van der Waals surface area (Å²) in [6.45, 7) is 8.87. The fourth-order valence-corrected chi connectivity index (χ4v) is 1.84. The van der Waals surface area contributed by atoms with Crippen molar-refractivity contribution in [2.75, 3.05) is 0 Å². The van der Waals surface area contributed by atoms with Crippen molar-refractivity contribution in [2.24, 2.45) is 5.92 Å². The van der Waals surface area contributed by atoms with Crippen LogP contribution in [0.5, 0.6) is 0 Å². The quantitative estimate of drug-likeness (QED) is 0.522. The third-order valence-electron chi connectivity index (χ3n) is 3.22. The van der Waals surface area contributed by atoms with Gasteiger partial charge in [0.05, 0.1) is 0 Å². The molecule has 16 heavy (non-hydrogen) atoms. The van der Waals surface area contributed by atoms with Crippen LogP contribution in [-0.2, 0) is 0 Å². The molecular weight excluding hydrogens is 192 g/mol. The topological polar surface area (TPSA) is 0 Å². The van der Waals surface area contributed by atoms with E-state index in [0.717, 1.165) is 12.3 Å². The van der Waals surface area contributed by atoms with Gasteiger partial charge in [-0.1, -0.05) is 34.9 Å². The van der Waals surface area contributed by atoms with Crippen LogP contribution in [0, 0.1) is 5.92 Å². The van der Waals surface area contributed by atoms with E-state index in [-0.39, 0.29) is 0 Å². The fraction of sp³-hybridized carbons (Fsp3) is 0.625. The van der Waals surface area contributed by atoms with Crippen molar-refractivity contribution in [2.45, 2.75) is 59.8 Å². The molecule has 1 rings (SSSR count). The Bertz CT molecular complexity index is 294. The van der Waals surface area contributed by atoms with Gasteiger partial charge in [0.25, 0.3) is 0 Å². The minimum atomic E-state index is 0.930. The molecule has 0 saturated heterocycles. The lowest BCUT2D eigenvalue weighted by Gasteiger charge is -1.99. The zero-order valence-electron chi connectivity index (χ0n) is 11.3. The Labute approximate surface area is 101 Å². The van der Waals surface area contributed by atoms with Gasteiger partial charge < -0.3 is 0 Å². The molecule has 0 atom stereocenters. The van der Waals surface area contributed by atoms with Gasteiger partial charge >= 0.3 is 0 Å². The summed E-state index contributed by atoms with van der Waals surface area (Å²) in [5.41, 5.74) is 4.56. The minimum Gasteiger partial charge on any atom is -0.0856 e. The summed E-state index contributed by atoms with van der Waals surface area (Å²) in [4.78, 5) is 0. The molecule has 0 heteroatoms. The van der Waals surface area contributed by atoms with E-state index >= 15 is 0 Å². The second-order valence-electron chi connectivity index (χ2n) is 5.33. The van der Waals surface area contributed by atoms with Crippen molar-refractivity contribution in [1.82, 2.24) is 0 Å². The molecule has 1 aliphatic carbocycles. The molecule has 0 amide bonds. The van der Waals surface area contributed by atoms with Crippen LogP contribution >= 0.6 is 0 Å². The summed E-state index contributed by atoms with van der Waals surface area (Å²) in [6, 6.07) is 0. The zero-order chi connectivity index (χ0) is 12.0. The Balaban J connectivity index is 2.22. The molecule has 0 N–H and O–H groups in total. The molecule has 1 saturated carbocycles. The van der Waals surface area contributed by atoms with Crippen LogP contribution in [0.25, 0.3) is 0 Å². The molecule has 1 fully saturated rings. The van der Waals surface area contributed by atoms with Crippen molar-refractivity contribution in [3.05, 3.63) is 34.9 Å². The van der Waals surface area contributed by atoms with Crippen molar-refractivity contribution in [3.63, 3.8) is 0 Å². The van der Waals surface area contributed by atoms with Gasteiger partial charge in [0.1, 0.15) is 0 Å². The van der Waals surface area contributed by atoms with E-state index in [1.807, 2.05) is 0 Å². The van der Waals surface area contributed by atoms with Crippen molar-refractivity contribution >= 4 is 0 Å². The number of hydrogen-bond acceptors (Lipinski definition) is 0. The minimum absolute atomic E-state index is 0.930. The lowest BCUT2D eigenvalue weighted by atomic mass is 10.1. The van der Waals surface area contributed by atoms with E-state index in [9.17, 15) is 0 Å². The van der Waals surface area contributed by atoms with Crippen molar-refractivity contribution < 1.29 is 0 Å². The van der Waals surface area contributed by atoms with E-state index in [1.165, 1.54) is 36.8 Å². The molecule has 0 radical (unpaired) electrons. The first kappa shape index (κ1) is 13.3. The Morgan fingerprint density at radius 1 is 1.00 bits per heavy atom. The summed E-state index contributed by atoms with van der Waals surface area (Å²) in [6.07, 6.45) is 13.5. The van der Waals surface area contributed by atoms with Crippen molar-refractivity contribution in [1.29, 1.82) is 0 Å². The molecule has 0 bridgehead atoms. The number of allylic oxidation sites excluding steroid dienone is 6. The van der Waals surface area contributed by atoms with Crippen LogP contribution < -0.4 is 0 Å². The largest absolute Gasteiger partial charge is 0.0856 e. The maximum atomic E-state index is 2.40. The molecule has 90 valence electrons. The summed E-state index contributed by atoms with van der Waals surface area (Å²) in [5.74, 6) is 0.930. The fourth-order valence-electron chi connectivity index (χ4n) is 1.84. The van der Waals surface area contributed by atoms with Crippen LogP contribution in [0.15, 0.2) is 34.9 Å². The van der Waals surface area contributed by atoms with Gasteiger partial charge in [0.15, 0.2) is 0 Å². The maximum absolute atomic E-state index is 2.40. The molecule has 0 heterocycles. The molecule has 0 aliphatic heterocycles. The summed E-state index contributed by atoms with van der Waals surface area (Å²) < 4.78 is 0. The molecule has 0 aromatic heterocycles. The predicted octanol–water partition coefficient (Wildman–Crippen LogP) is 5.43. The number of hydrogen-bond donors (Lipinski definition) is 0. The van der Waals surface area contributed by atoms with Crippen molar-refractivity contribution in [3.8, 4) is 0 Å². The molecule has 1 aliphatic rings. The molecule has 0 unspecified atom stereocenters. The first-order valence-corrected chi connectivity index (χ1v) is 6.55. The van der Waals surface area contributed by atoms with E-state index in [0.29, 0.717) is 0 Å². The predicted molar refractivity (Wildman–Crippen MR) is 73.5 cm³/mol. The van der Waals surface area contributed by atoms with Gasteiger partial charge in [-0.25, -0.2) is 0 Å². The van der Waals surface area contributed by atoms with Gasteiger partial charge in [-0.15, -0.1) is 0 Å². The second kappa shape index (κ2) is 6.73. The Hall–Kier alpha value is -0.780. The normalized spacial score (nSPS) is 17.5. The van der Waals surface area contributed by atoms with Gasteiger partial charge in [0, 0.05) is 0 Å². The van der Waals surface area contributed by atoms with E-state index in [4.69, 9.17) is 0 Å². The highest BCUT2D eigenvalue weighted by Crippen LogP contribution is 2.36. The monoisotopic (exact) mass is 218 g/mol. The third-order valence-corrected chi connectivity index (χ3v) is 3.22. The van der Waals surface area contributed by atoms with Crippen LogP contribution in [0.2, 0.25) is 0 Å². The van der Waals surface area contributed by atoms with Crippen LogP contribution in [0.3, 0.4) is 0 Å². The lowest BCUT2D eigenvalue weighted by molar-refractivity contribution is 0.952. The Kier molecular flexibility index (Phi) is 5.59. The zero-order valence-corrected chi connectivity index (χ0v) is 11.3. The maximum Gasteiger partial charge on any atom is -0.0164 e. The average Bonchev–Trinajstić information content (AvgIpc) is 2.99. The van der Waals surface area contributed by atoms with Crippen LogP contribution in [0.4, 0.5) is 0 Å². The Morgan fingerprint density at radius 2 is 1.69 bits per heavy atom. The smallest absolute Gasteiger partial charge is 0.0164 e. The molecular formula is C16H26. The number of rotatable bonds is 6. The summed E-state index contributed by atoms with van der Waals surface area (Å²) >= 11 is 0. The summed E-state index contributed by atoms with van der Waals surface area (Å²) in [7, 11) is 0. The van der Waals surface area contributed by atoms with Gasteiger partial charge in [-0.3, -0.25) is 0 Å². The highest BCUT2D eigenvalue weighted by Gasteiger charge is 2.22. The Morgan fingerprint density at radius 3 is 2.25 bits per heavy atom. The first-order chi connectivity index (χ1) is 7.59. The van der Waals surface area contributed by atoms with Gasteiger partial charge in [0.2, 0.25) is 0 Å². The van der Waals surface area contributed by atoms with E-state index < -0.39 is 0 Å². The average molecular weight is 218 g/mol. The third kappa shape index (κ3) is 5.95. The summed E-state index contributed by atoms with van der Waals surface area (Å²) in [5, 5.41) is 0. The van der Waals surface area contributed by atoms with Gasteiger partial charge in [-0.2, -0.15) is 0 Å². The highest BCUT2D eigenvalue weighted by atomic mass is 14.3. The standard InChI is InChI=1S/C16H26/c1-13(2)7-5-8-14(3)9-6-10-15(4)16-11-12-16/h7,9-10,16H,5-6,8,11-12H2,1-4H3/b14-9+,15-10?. The first-order valence-electron chi connectivity index (χ1n) is 6.55. The van der Waals surface area contributed by atoms with Crippen LogP contribution in [0.1, 0.15) is 59.8 Å². The SMILES string of the molecule is CC(C)=CCC/C(C)=C/CC=C(C)C1CC1. The highest BCUT2D eigenvalue weighted by molar-refractivity contribution is 5.13. The van der Waals surface area contributed by atoms with E-state index in [2.05, 4.69) is 45.9 Å².